The van der Waals surface area contributed by atoms with Gasteiger partial charge in [0.25, 0.3) is 0 Å². The molecule has 0 aliphatic carbocycles. The van der Waals surface area contributed by atoms with Crippen molar-refractivity contribution in [2.24, 2.45) is 10.8 Å². The van der Waals surface area contributed by atoms with Gasteiger partial charge in [0.15, 0.2) is 0 Å². The number of thioether (sulfide) groups is 2. The minimum atomic E-state index is -1.26. The predicted octanol–water partition coefficient (Wildman–Crippen LogP) is 6.22. The van der Waals surface area contributed by atoms with E-state index in [4.69, 9.17) is 9.47 Å². The Bertz CT molecular complexity index is 2240. The van der Waals surface area contributed by atoms with Crippen LogP contribution in [0.4, 0.5) is 9.59 Å². The summed E-state index contributed by atoms with van der Waals surface area (Å²) in [6.45, 7) is 12.3. The van der Waals surface area contributed by atoms with Crippen molar-refractivity contribution in [3.8, 4) is 0 Å². The van der Waals surface area contributed by atoms with Crippen molar-refractivity contribution in [2.45, 2.75) is 165 Å². The number of carbonyl (C=O) groups excluding carboxylic acids is 6. The molecule has 20 nitrogen and oxygen atoms in total. The molecule has 2 aromatic carbocycles. The van der Waals surface area contributed by atoms with Crippen LogP contribution in [-0.2, 0) is 38.2 Å². The molecule has 430 valence electrons. The smallest absolute Gasteiger partial charge is 0.407 e. The van der Waals surface area contributed by atoms with Crippen LogP contribution in [0.2, 0.25) is 0 Å². The fourth-order valence-electron chi connectivity index (χ4n) is 10.8. The largest absolute Gasteiger partial charge is 0.465 e. The Kier molecular flexibility index (Phi) is 22.1. The second kappa shape index (κ2) is 28.0. The topological polar surface area (TPSA) is 257 Å². The van der Waals surface area contributed by atoms with Gasteiger partial charge >= 0.3 is 12.2 Å². The first-order chi connectivity index (χ1) is 37.0. The van der Waals surface area contributed by atoms with Gasteiger partial charge < -0.3 is 50.8 Å². The predicted molar refractivity (Wildman–Crippen MR) is 298 cm³/mol. The number of fused-ring (bicyclic) bond motifs is 2. The number of carboxylic acid groups (broad SMARTS) is 2. The van der Waals surface area contributed by atoms with Crippen LogP contribution in [0.15, 0.2) is 60.7 Å². The molecule has 6 rings (SSSR count). The first-order valence-corrected chi connectivity index (χ1v) is 29.4. The summed E-state index contributed by atoms with van der Waals surface area (Å²) in [6.07, 6.45) is 4.91. The molecule has 4 heterocycles. The Morgan fingerprint density at radius 1 is 0.603 bits per heavy atom. The first kappa shape index (κ1) is 61.6. The van der Waals surface area contributed by atoms with Crippen LogP contribution >= 0.6 is 23.5 Å². The van der Waals surface area contributed by atoms with Crippen molar-refractivity contribution < 1.29 is 58.0 Å². The number of ether oxygens (including phenoxy) is 2. The third-order valence-corrected chi connectivity index (χ3v) is 18.2. The van der Waals surface area contributed by atoms with Crippen LogP contribution in [0.3, 0.4) is 0 Å². The summed E-state index contributed by atoms with van der Waals surface area (Å²) < 4.78 is 12.4. The lowest BCUT2D eigenvalue weighted by molar-refractivity contribution is -0.144. The zero-order valence-electron chi connectivity index (χ0n) is 46.4. The minimum Gasteiger partial charge on any atom is -0.465 e. The maximum absolute atomic E-state index is 14.4. The van der Waals surface area contributed by atoms with Gasteiger partial charge in [0.1, 0.15) is 36.3 Å². The number of rotatable bonds is 25. The standard InChI is InChI=1S/C56H82N8O12S2/c1-35(61(7)53(71)72)47(65)57-39-25-29-77-43-31-55(3,4)45(63(43)51(39)69)49(67)59-41(37-21-15-13-16-22-37)33-75-27-19-11-9-10-12-20-28-76-34-42(38-23-17-14-18-24-38)60-50(68)46-56(5,6)32-44-64(46)52(70)40(26-30-78-44)58-48(66)36(2)62(8)54(73)74/h13-18,21-24,35-36,39-46H,9-12,19-20,25-34H2,1-8H3,(H,57,65)(H,58,66)(H,59,67)(H,60,68)(H,71,72)(H,73,74)/t35?,36?,39-,40-,41?,42?,43-,44-,45+,46+/m0/s1. The molecule has 0 saturated carbocycles. The highest BCUT2D eigenvalue weighted by Gasteiger charge is 2.56. The summed E-state index contributed by atoms with van der Waals surface area (Å²) in [5, 5.41) is 30.2. The number of benzene rings is 2. The van der Waals surface area contributed by atoms with Gasteiger partial charge in [-0.1, -0.05) is 114 Å². The number of nitrogens with zero attached hydrogens (tertiary/aromatic N) is 4. The quantitative estimate of drug-likeness (QED) is 0.0604. The summed E-state index contributed by atoms with van der Waals surface area (Å²) in [4.78, 5) is 112. The summed E-state index contributed by atoms with van der Waals surface area (Å²) in [5.74, 6) is -1.32. The van der Waals surface area contributed by atoms with Crippen LogP contribution in [0, 0.1) is 10.8 Å². The molecule has 0 radical (unpaired) electrons. The lowest BCUT2D eigenvalue weighted by Crippen LogP contribution is -2.58. The highest BCUT2D eigenvalue weighted by Crippen LogP contribution is 2.48. The molecule has 78 heavy (non-hydrogen) atoms. The lowest BCUT2D eigenvalue weighted by Gasteiger charge is -2.35. The van der Waals surface area contributed by atoms with Crippen LogP contribution in [0.5, 0.6) is 0 Å². The van der Waals surface area contributed by atoms with E-state index < -0.39 is 83.2 Å². The number of hydrogen-bond donors (Lipinski definition) is 6. The van der Waals surface area contributed by atoms with Gasteiger partial charge in [0.2, 0.25) is 35.4 Å². The molecular formula is C56H82N8O12S2. The highest BCUT2D eigenvalue weighted by atomic mass is 32.2. The molecule has 0 aromatic heterocycles. The van der Waals surface area contributed by atoms with Gasteiger partial charge in [-0.15, -0.1) is 23.5 Å². The number of nitrogens with one attached hydrogen (secondary N) is 4. The molecule has 2 aromatic rings. The Labute approximate surface area is 467 Å². The molecule has 4 unspecified atom stereocenters. The monoisotopic (exact) mass is 1120 g/mol. The van der Waals surface area contributed by atoms with Gasteiger partial charge in [-0.3, -0.25) is 38.6 Å². The Hall–Kier alpha value is -5.58. The average Bonchev–Trinajstić information content (AvgIpc) is 3.86. The van der Waals surface area contributed by atoms with E-state index in [1.807, 2.05) is 88.4 Å². The van der Waals surface area contributed by atoms with Crippen LogP contribution < -0.4 is 21.3 Å². The Balaban J connectivity index is 0.946. The second-order valence-corrected chi connectivity index (χ2v) is 25.0. The number of amides is 8. The fourth-order valence-corrected chi connectivity index (χ4v) is 14.0. The van der Waals surface area contributed by atoms with E-state index in [2.05, 4.69) is 21.3 Å². The van der Waals surface area contributed by atoms with Crippen molar-refractivity contribution in [1.82, 2.24) is 40.9 Å². The molecule has 4 aliphatic heterocycles. The molecule has 0 spiro atoms. The van der Waals surface area contributed by atoms with Crippen molar-refractivity contribution >= 4 is 71.2 Å². The molecular weight excluding hydrogens is 1040 g/mol. The van der Waals surface area contributed by atoms with Gasteiger partial charge in [-0.25, -0.2) is 9.59 Å². The second-order valence-electron chi connectivity index (χ2n) is 22.4. The summed E-state index contributed by atoms with van der Waals surface area (Å²) in [6, 6.07) is 12.7. The molecule has 8 amide bonds. The highest BCUT2D eigenvalue weighted by molar-refractivity contribution is 8.00. The molecule has 22 heteroatoms. The van der Waals surface area contributed by atoms with E-state index in [-0.39, 0.29) is 47.6 Å². The molecule has 4 fully saturated rings. The van der Waals surface area contributed by atoms with E-state index in [0.717, 1.165) is 59.5 Å². The van der Waals surface area contributed by atoms with E-state index >= 15 is 0 Å². The Morgan fingerprint density at radius 2 is 0.949 bits per heavy atom. The number of carbonyl (C=O) groups is 8. The van der Waals surface area contributed by atoms with Crippen molar-refractivity contribution in [3.05, 3.63) is 71.8 Å². The zero-order chi connectivity index (χ0) is 56.9. The Morgan fingerprint density at radius 3 is 1.29 bits per heavy atom. The SMILES string of the molecule is CC(C(=O)N[C@H]1CCS[C@H]2CC(C)(C)[C@@H](C(=O)NC(COCCCCCCCCOCC(NC(=O)[C@H]3N4C(=O)[C@@H](NC(=O)C(C)N(C)C(=O)O)CCS[C@H]4CC3(C)C)c3ccccc3)c3ccccc3)N2C1=O)N(C)C(=O)O. The normalized spacial score (nSPS) is 24.0. The van der Waals surface area contributed by atoms with E-state index in [1.54, 1.807) is 33.3 Å². The third kappa shape index (κ3) is 15.6. The van der Waals surface area contributed by atoms with Crippen LogP contribution in [0.25, 0.3) is 0 Å². The number of unbranched alkanes of at least 4 members (excludes halogenated alkanes) is 5. The van der Waals surface area contributed by atoms with E-state index in [1.165, 1.54) is 27.9 Å². The fraction of sp³-hybridized carbons (Fsp3) is 0.643. The van der Waals surface area contributed by atoms with Gasteiger partial charge in [0.05, 0.1) is 36.0 Å². The van der Waals surface area contributed by atoms with Crippen molar-refractivity contribution in [1.29, 1.82) is 0 Å². The third-order valence-electron chi connectivity index (χ3n) is 15.7. The van der Waals surface area contributed by atoms with Crippen molar-refractivity contribution in [2.75, 3.05) is 52.0 Å². The van der Waals surface area contributed by atoms with Gasteiger partial charge in [-0.05, 0) is 85.8 Å². The summed E-state index contributed by atoms with van der Waals surface area (Å²) in [7, 11) is 2.60. The molecule has 0 bridgehead atoms. The zero-order valence-corrected chi connectivity index (χ0v) is 48.1. The van der Waals surface area contributed by atoms with Crippen molar-refractivity contribution in [3.63, 3.8) is 0 Å². The molecule has 6 N–H and O–H groups in total. The van der Waals surface area contributed by atoms with Crippen LogP contribution in [-0.4, -0.2) is 176 Å². The molecule has 4 saturated heterocycles. The average molecular weight is 1120 g/mol. The minimum absolute atomic E-state index is 0.230. The number of hydrogen-bond acceptors (Lipinski definition) is 12. The maximum atomic E-state index is 14.4. The first-order valence-electron chi connectivity index (χ1n) is 27.3. The van der Waals surface area contributed by atoms with Gasteiger partial charge in [-0.2, -0.15) is 0 Å². The van der Waals surface area contributed by atoms with E-state index in [0.29, 0.717) is 50.4 Å². The molecule has 10 atom stereocenters. The maximum Gasteiger partial charge on any atom is 0.407 e. The lowest BCUT2D eigenvalue weighted by atomic mass is 9.83. The summed E-state index contributed by atoms with van der Waals surface area (Å²) >= 11 is 3.17. The van der Waals surface area contributed by atoms with Crippen LogP contribution in [0.1, 0.15) is 129 Å². The van der Waals surface area contributed by atoms with E-state index in [9.17, 15) is 48.6 Å². The number of likely N-dealkylation sites (N-methyl/N-ethyl adjacent to an activating group) is 2. The summed E-state index contributed by atoms with van der Waals surface area (Å²) in [5.41, 5.74) is 0.583. The van der Waals surface area contributed by atoms with Gasteiger partial charge in [0, 0.05) is 27.3 Å². The molecule has 4 aliphatic rings.